The highest BCUT2D eigenvalue weighted by atomic mass is 19.0. The number of para-hydroxylation sites is 1. The van der Waals surface area contributed by atoms with Crippen LogP contribution < -0.4 is 4.90 Å². The highest BCUT2D eigenvalue weighted by Gasteiger charge is 2.38. The SMILES string of the molecule is N#Cc1ccc(C=C2CC3CCC(C2)N3c2ccccc2)c2ccccc12.[3H]F. The molecule has 0 spiro atoms. The number of nitriles is 1. The molecule has 2 unspecified atom stereocenters. The van der Waals surface area contributed by atoms with Gasteiger partial charge in [0, 0.05) is 23.2 Å². The van der Waals surface area contributed by atoms with Crippen molar-refractivity contribution in [1.82, 2.24) is 0 Å². The molecule has 2 nitrogen and oxygen atoms in total. The lowest BCUT2D eigenvalue weighted by Crippen LogP contribution is -2.40. The van der Waals surface area contributed by atoms with E-state index in [1.54, 1.807) is 5.57 Å². The molecule has 2 atom stereocenters. The smallest absolute Gasteiger partial charge is 0.269 e. The van der Waals surface area contributed by atoms with Gasteiger partial charge in [-0.2, -0.15) is 5.26 Å². The van der Waals surface area contributed by atoms with Crippen LogP contribution in [-0.4, -0.2) is 13.5 Å². The van der Waals surface area contributed by atoms with Crippen LogP contribution in [0.15, 0.2) is 72.3 Å². The molecule has 2 aliphatic heterocycles. The van der Waals surface area contributed by atoms with Gasteiger partial charge < -0.3 is 4.90 Å². The lowest BCUT2D eigenvalue weighted by molar-refractivity contribution is 0.553. The van der Waals surface area contributed by atoms with Gasteiger partial charge >= 0.3 is 0 Å². The van der Waals surface area contributed by atoms with Crippen molar-refractivity contribution in [3.63, 3.8) is 0 Å². The quantitative estimate of drug-likeness (QED) is 0.545. The highest BCUT2D eigenvalue weighted by molar-refractivity contribution is 5.94. The van der Waals surface area contributed by atoms with Crippen LogP contribution >= 0.6 is 0 Å². The van der Waals surface area contributed by atoms with Gasteiger partial charge in [0.2, 0.25) is 0 Å². The maximum absolute atomic E-state index is 9.39. The zero-order valence-electron chi connectivity index (χ0n) is 16.7. The van der Waals surface area contributed by atoms with Crippen LogP contribution in [0.1, 0.15) is 36.8 Å². The summed E-state index contributed by atoms with van der Waals surface area (Å²) in [5, 5.41) is 11.6. The molecule has 3 heteroatoms. The molecule has 0 aromatic heterocycles. The van der Waals surface area contributed by atoms with Gasteiger partial charge in [0.15, 0.2) is 0 Å². The topological polar surface area (TPSA) is 27.0 Å². The number of rotatable bonds is 2. The Hall–Kier alpha value is -3.12. The fourth-order valence-corrected chi connectivity index (χ4v) is 4.96. The molecule has 2 fully saturated rings. The number of anilines is 1. The standard InChI is InChI=1S/C25H22N2.FH/c26-17-20-11-10-19(24-8-4-5-9-25(20)24)14-18-15-22-12-13-23(16-18)27(22)21-6-2-1-3-7-21;/h1-11,14,22-23H,12-13,15-16H2;1H/i/hT. The number of nitrogens with zero attached hydrogens (tertiary/aromatic N) is 2. The minimum Gasteiger partial charge on any atom is -0.365 e. The molecule has 2 bridgehead atoms. The molecule has 2 heterocycles. The monoisotopic (exact) mass is 372 g/mol. The Morgan fingerprint density at radius 3 is 2.21 bits per heavy atom. The summed E-state index contributed by atoms with van der Waals surface area (Å²) in [6, 6.07) is 26.7. The van der Waals surface area contributed by atoms with Crippen molar-refractivity contribution in [2.24, 2.45) is 0 Å². The molecular formula is C25H23FN2. The molecule has 28 heavy (non-hydrogen) atoms. The van der Waals surface area contributed by atoms with E-state index in [9.17, 15) is 5.26 Å². The van der Waals surface area contributed by atoms with E-state index in [0.29, 0.717) is 12.1 Å². The first kappa shape index (κ1) is 17.0. The van der Waals surface area contributed by atoms with Crippen LogP contribution in [0.3, 0.4) is 0 Å². The highest BCUT2D eigenvalue weighted by Crippen LogP contribution is 2.42. The van der Waals surface area contributed by atoms with E-state index in [2.05, 4.69) is 73.1 Å². The number of fused-ring (bicyclic) bond motifs is 3. The second-order valence-corrected chi connectivity index (χ2v) is 7.70. The average molecular weight is 372 g/mol. The first-order valence-corrected chi connectivity index (χ1v) is 9.78. The van der Waals surface area contributed by atoms with Gasteiger partial charge in [-0.1, -0.05) is 60.2 Å². The summed E-state index contributed by atoms with van der Waals surface area (Å²) >= 11 is 0. The second-order valence-electron chi connectivity index (χ2n) is 7.70. The van der Waals surface area contributed by atoms with Crippen molar-refractivity contribution in [3.8, 4) is 6.07 Å². The molecule has 0 aliphatic carbocycles. The first-order chi connectivity index (χ1) is 14.3. The Kier molecular flexibility index (Phi) is 4.54. The van der Waals surface area contributed by atoms with Gasteiger partial charge in [0.1, 0.15) is 0 Å². The second kappa shape index (κ2) is 7.48. The molecule has 3 aromatic rings. The normalized spacial score (nSPS) is 20.8. The van der Waals surface area contributed by atoms with Crippen molar-refractivity contribution in [3.05, 3.63) is 83.4 Å². The molecule has 5 rings (SSSR count). The molecule has 0 saturated carbocycles. The Morgan fingerprint density at radius 2 is 1.54 bits per heavy atom. The summed E-state index contributed by atoms with van der Waals surface area (Å²) in [4.78, 5) is 2.65. The summed E-state index contributed by atoms with van der Waals surface area (Å²) < 4.78 is 13.0. The summed E-state index contributed by atoms with van der Waals surface area (Å²) in [6.45, 7) is 0. The summed E-state index contributed by atoms with van der Waals surface area (Å²) in [6.07, 6.45) is 7.23. The van der Waals surface area contributed by atoms with Crippen molar-refractivity contribution >= 4 is 22.5 Å². The van der Waals surface area contributed by atoms with Gasteiger partial charge in [0.05, 0.1) is 11.6 Å². The summed E-state index contributed by atoms with van der Waals surface area (Å²) in [5.74, 6) is 0. The zero-order valence-corrected chi connectivity index (χ0v) is 15.7. The molecular weight excluding hydrogens is 347 g/mol. The molecule has 0 N–H and O–H groups in total. The van der Waals surface area contributed by atoms with Crippen molar-refractivity contribution in [1.29, 1.82) is 6.71 Å². The maximum Gasteiger partial charge on any atom is 0.269 e. The van der Waals surface area contributed by atoms with E-state index in [1.807, 2.05) is 12.1 Å². The van der Waals surface area contributed by atoms with E-state index in [0.717, 1.165) is 23.8 Å². The molecule has 2 aliphatic rings. The fourth-order valence-electron chi connectivity index (χ4n) is 4.96. The van der Waals surface area contributed by atoms with Gasteiger partial charge in [-0.15, -0.1) is 0 Å². The van der Waals surface area contributed by atoms with Crippen LogP contribution in [0.2, 0.25) is 0 Å². The van der Waals surface area contributed by atoms with E-state index >= 15 is 0 Å². The van der Waals surface area contributed by atoms with Crippen molar-refractivity contribution < 1.29 is 4.72 Å². The number of piperidine rings is 1. The van der Waals surface area contributed by atoms with E-state index < -0.39 is 0 Å². The number of hydrogen-bond acceptors (Lipinski definition) is 2. The van der Waals surface area contributed by atoms with Crippen LogP contribution in [0.5, 0.6) is 0 Å². The Bertz CT molecular complexity index is 1060. The van der Waals surface area contributed by atoms with Crippen LogP contribution in [0.25, 0.3) is 16.8 Å². The van der Waals surface area contributed by atoms with Crippen LogP contribution in [0.4, 0.5) is 10.4 Å². The summed E-state index contributed by atoms with van der Waals surface area (Å²) in [5.41, 5.74) is 4.91. The van der Waals surface area contributed by atoms with E-state index in [4.69, 9.17) is 4.72 Å². The minimum absolute atomic E-state index is 0.613. The van der Waals surface area contributed by atoms with Gasteiger partial charge in [0.25, 0.3) is 1.45 Å². The largest absolute Gasteiger partial charge is 0.365 e. The van der Waals surface area contributed by atoms with Gasteiger partial charge in [-0.3, -0.25) is 4.72 Å². The molecule has 140 valence electrons. The van der Waals surface area contributed by atoms with Crippen LogP contribution in [-0.2, 0) is 0 Å². The number of hydrogen-bond donors (Lipinski definition) is 0. The summed E-state index contributed by atoms with van der Waals surface area (Å²) in [7, 11) is 0. The minimum atomic E-state index is 0.613. The van der Waals surface area contributed by atoms with E-state index in [-0.39, 0.29) is 0 Å². The number of halogens is 1. The Morgan fingerprint density at radius 1 is 0.893 bits per heavy atom. The lowest BCUT2D eigenvalue weighted by Gasteiger charge is -2.38. The van der Waals surface area contributed by atoms with Crippen molar-refractivity contribution in [2.45, 2.75) is 37.8 Å². The zero-order chi connectivity index (χ0) is 20.2. The third-order valence-electron chi connectivity index (χ3n) is 6.11. The van der Waals surface area contributed by atoms with Crippen molar-refractivity contribution in [2.75, 3.05) is 4.90 Å². The Labute approximate surface area is 166 Å². The molecule has 2 saturated heterocycles. The van der Waals surface area contributed by atoms with Gasteiger partial charge in [-0.25, -0.2) is 0 Å². The fraction of sp³-hybridized carbons (Fsp3) is 0.240. The number of benzene rings is 3. The predicted molar refractivity (Wildman–Crippen MR) is 114 cm³/mol. The van der Waals surface area contributed by atoms with E-state index in [1.165, 1.54) is 29.5 Å². The Balaban J connectivity index is 0.000000994. The molecule has 3 aromatic carbocycles. The molecule has 0 amide bonds. The third-order valence-corrected chi connectivity index (χ3v) is 6.11. The average Bonchev–Trinajstić information content (AvgIpc) is 3.06. The van der Waals surface area contributed by atoms with Gasteiger partial charge in [-0.05, 0) is 54.8 Å². The third kappa shape index (κ3) is 3.05. The van der Waals surface area contributed by atoms with Crippen LogP contribution in [0, 0.1) is 11.3 Å². The predicted octanol–water partition coefficient (Wildman–Crippen LogP) is 6.08. The maximum atomic E-state index is 9.39. The first-order valence-electron chi connectivity index (χ1n) is 10.2. The molecule has 0 radical (unpaired) electrons. The lowest BCUT2D eigenvalue weighted by atomic mass is 9.92.